The van der Waals surface area contributed by atoms with Gasteiger partial charge in [0.25, 0.3) is 5.91 Å². The molecule has 0 spiro atoms. The number of nitrogens with zero attached hydrogens (tertiary/aromatic N) is 6. The van der Waals surface area contributed by atoms with Crippen molar-refractivity contribution >= 4 is 56.1 Å². The molecule has 0 saturated heterocycles. The van der Waals surface area contributed by atoms with Gasteiger partial charge in [-0.05, 0) is 25.1 Å². The van der Waals surface area contributed by atoms with Gasteiger partial charge in [-0.25, -0.2) is 15.0 Å². The topological polar surface area (TPSA) is 125 Å². The number of anilines is 1. The van der Waals surface area contributed by atoms with E-state index >= 15 is 0 Å². The lowest BCUT2D eigenvalue weighted by Gasteiger charge is -2.13. The molecule has 0 atom stereocenters. The summed E-state index contributed by atoms with van der Waals surface area (Å²) < 4.78 is 11.0. The number of thiazole rings is 1. The number of pyridine rings is 3. The number of hydrogen-bond donors (Lipinski definition) is 1. The third-order valence-electron chi connectivity index (χ3n) is 4.86. The smallest absolute Gasteiger partial charge is 0.259 e. The summed E-state index contributed by atoms with van der Waals surface area (Å²) in [6.07, 6.45) is 5.88. The van der Waals surface area contributed by atoms with E-state index in [1.807, 2.05) is 6.92 Å². The van der Waals surface area contributed by atoms with Crippen molar-refractivity contribution in [2.45, 2.75) is 6.92 Å². The highest BCUT2D eigenvalue weighted by atomic mass is 35.5. The Morgan fingerprint density at radius 2 is 1.81 bits per heavy atom. The lowest BCUT2D eigenvalue weighted by molar-refractivity contribution is 0.102. The Bertz CT molecular complexity index is 1600. The minimum absolute atomic E-state index is 0.227. The van der Waals surface area contributed by atoms with Crippen molar-refractivity contribution < 1.29 is 14.3 Å². The normalized spacial score (nSPS) is 10.9. The van der Waals surface area contributed by atoms with Gasteiger partial charge in [-0.15, -0.1) is 0 Å². The molecule has 0 bridgehead atoms. The minimum atomic E-state index is -0.423. The van der Waals surface area contributed by atoms with E-state index in [1.165, 1.54) is 31.9 Å². The van der Waals surface area contributed by atoms with Crippen molar-refractivity contribution in [3.05, 3.63) is 70.5 Å². The summed E-state index contributed by atoms with van der Waals surface area (Å²) in [5.74, 6) is 0.589. The average molecular weight is 540 g/mol. The van der Waals surface area contributed by atoms with Gasteiger partial charge in [0, 0.05) is 35.3 Å². The van der Waals surface area contributed by atoms with E-state index in [9.17, 15) is 4.79 Å². The Labute approximate surface area is 218 Å². The van der Waals surface area contributed by atoms with Crippen molar-refractivity contribution in [3.63, 3.8) is 0 Å². The summed E-state index contributed by atoms with van der Waals surface area (Å²) in [4.78, 5) is 39.1. The molecule has 0 unspecified atom stereocenters. The number of methoxy groups -OCH3 is 1. The number of aromatic nitrogens is 6. The molecule has 1 amide bonds. The van der Waals surface area contributed by atoms with Gasteiger partial charge < -0.3 is 9.47 Å². The van der Waals surface area contributed by atoms with Crippen LogP contribution < -0.4 is 14.8 Å². The predicted octanol–water partition coefficient (Wildman–Crippen LogP) is 5.61. The van der Waals surface area contributed by atoms with E-state index in [-0.39, 0.29) is 11.0 Å². The first-order valence-corrected chi connectivity index (χ1v) is 11.9. The SMILES string of the molecule is COc1cnc(Cl)cc1-c1cc(C)ncc1C(=O)Nc1nc2ncc(Oc3ccc(Cl)cn3)nc2s1. The molecule has 0 radical (unpaired) electrons. The second-order valence-electron chi connectivity index (χ2n) is 7.31. The van der Waals surface area contributed by atoms with Crippen LogP contribution in [0.15, 0.2) is 49.1 Å². The largest absolute Gasteiger partial charge is 0.494 e. The maximum absolute atomic E-state index is 13.3. The molecule has 36 heavy (non-hydrogen) atoms. The van der Waals surface area contributed by atoms with Gasteiger partial charge in [-0.3, -0.25) is 15.1 Å². The molecule has 0 aromatic carbocycles. The van der Waals surface area contributed by atoms with Crippen molar-refractivity contribution in [1.82, 2.24) is 29.9 Å². The van der Waals surface area contributed by atoms with Crippen LogP contribution in [0.3, 0.4) is 0 Å². The first kappa shape index (κ1) is 23.8. The number of aryl methyl sites for hydroxylation is 1. The highest BCUT2D eigenvalue weighted by molar-refractivity contribution is 7.21. The summed E-state index contributed by atoms with van der Waals surface area (Å²) in [5, 5.41) is 3.86. The first-order valence-electron chi connectivity index (χ1n) is 10.3. The summed E-state index contributed by atoms with van der Waals surface area (Å²) in [7, 11) is 1.52. The van der Waals surface area contributed by atoms with E-state index in [2.05, 4.69) is 35.2 Å². The zero-order chi connectivity index (χ0) is 25.2. The van der Waals surface area contributed by atoms with Gasteiger partial charge in [0.15, 0.2) is 15.6 Å². The third-order valence-corrected chi connectivity index (χ3v) is 6.14. The summed E-state index contributed by atoms with van der Waals surface area (Å²) in [6.45, 7) is 1.82. The number of ether oxygens (including phenoxy) is 2. The molecular formula is C23H15Cl2N7O3S. The van der Waals surface area contributed by atoms with Gasteiger partial charge in [-0.2, -0.15) is 9.97 Å². The fraction of sp³-hybridized carbons (Fsp3) is 0.0870. The summed E-state index contributed by atoms with van der Waals surface area (Å²) >= 11 is 13.1. The standard InChI is InChI=1S/C23H15Cl2N7O3S/c1-11-5-13(14-6-17(25)27-9-16(14)34-2)15(8-26-11)21(33)32-23-31-20-22(36-23)30-19(10-29-20)35-18-4-3-12(24)7-28-18/h3-10H,1-2H3,(H,29,31,32,33). The minimum Gasteiger partial charge on any atom is -0.494 e. The zero-order valence-electron chi connectivity index (χ0n) is 18.7. The molecule has 13 heteroatoms. The van der Waals surface area contributed by atoms with Crippen LogP contribution in [0.4, 0.5) is 5.13 Å². The molecule has 0 fully saturated rings. The van der Waals surface area contributed by atoms with Crippen molar-refractivity contribution in [1.29, 1.82) is 0 Å². The number of hydrogen-bond acceptors (Lipinski definition) is 10. The van der Waals surface area contributed by atoms with E-state index in [0.29, 0.717) is 54.6 Å². The van der Waals surface area contributed by atoms with Gasteiger partial charge in [0.1, 0.15) is 10.9 Å². The Morgan fingerprint density at radius 1 is 0.944 bits per heavy atom. The number of carbonyl (C=O) groups is 1. The highest BCUT2D eigenvalue weighted by Crippen LogP contribution is 2.34. The number of fused-ring (bicyclic) bond motifs is 1. The van der Waals surface area contributed by atoms with Crippen LogP contribution in [0, 0.1) is 6.92 Å². The van der Waals surface area contributed by atoms with Crippen LogP contribution in [-0.4, -0.2) is 42.9 Å². The molecule has 10 nitrogen and oxygen atoms in total. The molecule has 0 aliphatic carbocycles. The Hall–Kier alpha value is -3.93. The summed E-state index contributed by atoms with van der Waals surface area (Å²) in [6, 6.07) is 6.68. The van der Waals surface area contributed by atoms with Crippen LogP contribution in [-0.2, 0) is 0 Å². The van der Waals surface area contributed by atoms with E-state index in [0.717, 1.165) is 11.3 Å². The van der Waals surface area contributed by atoms with Crippen molar-refractivity contribution in [2.75, 3.05) is 12.4 Å². The molecule has 0 saturated carbocycles. The fourth-order valence-electron chi connectivity index (χ4n) is 3.26. The molecular weight excluding hydrogens is 525 g/mol. The second-order valence-corrected chi connectivity index (χ2v) is 9.11. The monoisotopic (exact) mass is 539 g/mol. The third kappa shape index (κ3) is 5.03. The van der Waals surface area contributed by atoms with Crippen LogP contribution >= 0.6 is 34.5 Å². The van der Waals surface area contributed by atoms with Gasteiger partial charge in [0.05, 0.1) is 30.1 Å². The molecule has 0 aliphatic heterocycles. The predicted molar refractivity (Wildman–Crippen MR) is 136 cm³/mol. The fourth-order valence-corrected chi connectivity index (χ4v) is 4.31. The lowest BCUT2D eigenvalue weighted by atomic mass is 10.0. The Kier molecular flexibility index (Phi) is 6.59. The Morgan fingerprint density at radius 3 is 2.58 bits per heavy atom. The van der Waals surface area contributed by atoms with Crippen molar-refractivity contribution in [3.8, 4) is 28.6 Å². The lowest BCUT2D eigenvalue weighted by Crippen LogP contribution is -2.14. The molecule has 1 N–H and O–H groups in total. The molecule has 5 heterocycles. The number of carbonyl (C=O) groups excluding carboxylic acids is 1. The van der Waals surface area contributed by atoms with Gasteiger partial charge in [0.2, 0.25) is 11.8 Å². The van der Waals surface area contributed by atoms with Crippen LogP contribution in [0.2, 0.25) is 10.2 Å². The maximum atomic E-state index is 13.3. The Balaban J connectivity index is 1.43. The van der Waals surface area contributed by atoms with Gasteiger partial charge >= 0.3 is 0 Å². The average Bonchev–Trinajstić information content (AvgIpc) is 3.26. The molecule has 5 aromatic rings. The summed E-state index contributed by atoms with van der Waals surface area (Å²) in [5.41, 5.74) is 2.58. The van der Waals surface area contributed by atoms with Crippen LogP contribution in [0.5, 0.6) is 17.5 Å². The molecule has 0 aliphatic rings. The van der Waals surface area contributed by atoms with Crippen LogP contribution in [0.25, 0.3) is 21.6 Å². The number of rotatable bonds is 6. The first-order chi connectivity index (χ1) is 17.4. The molecule has 5 rings (SSSR count). The molecule has 5 aromatic heterocycles. The van der Waals surface area contributed by atoms with E-state index in [1.54, 1.807) is 24.3 Å². The number of amides is 1. The van der Waals surface area contributed by atoms with Crippen molar-refractivity contribution in [2.24, 2.45) is 0 Å². The second kappa shape index (κ2) is 9.97. The number of nitrogens with one attached hydrogen (secondary N) is 1. The quantitative estimate of drug-likeness (QED) is 0.274. The number of halogens is 2. The van der Waals surface area contributed by atoms with Gasteiger partial charge in [-0.1, -0.05) is 34.5 Å². The van der Waals surface area contributed by atoms with E-state index in [4.69, 9.17) is 32.7 Å². The van der Waals surface area contributed by atoms with Crippen LogP contribution in [0.1, 0.15) is 16.1 Å². The maximum Gasteiger partial charge on any atom is 0.259 e. The molecule has 180 valence electrons. The highest BCUT2D eigenvalue weighted by Gasteiger charge is 2.20. The zero-order valence-corrected chi connectivity index (χ0v) is 21.0. The van der Waals surface area contributed by atoms with E-state index < -0.39 is 5.91 Å².